The van der Waals surface area contributed by atoms with Gasteiger partial charge in [0.05, 0.1) is 30.9 Å². The lowest BCUT2D eigenvalue weighted by Crippen LogP contribution is -2.31. The number of likely N-dealkylation sites (tertiary alicyclic amines) is 1. The predicted octanol–water partition coefficient (Wildman–Crippen LogP) is 3.07. The van der Waals surface area contributed by atoms with Gasteiger partial charge in [0.25, 0.3) is 5.91 Å². The number of methoxy groups -OCH3 is 1. The molecule has 1 fully saturated rings. The molecule has 0 N–H and O–H groups in total. The predicted molar refractivity (Wildman–Crippen MR) is 97.4 cm³/mol. The molecule has 1 atom stereocenters. The van der Waals surface area contributed by atoms with Crippen molar-refractivity contribution in [3.63, 3.8) is 0 Å². The summed E-state index contributed by atoms with van der Waals surface area (Å²) >= 11 is 0. The number of benzene rings is 2. The van der Waals surface area contributed by atoms with Gasteiger partial charge in [0.1, 0.15) is 6.10 Å². The lowest BCUT2D eigenvalue weighted by atomic mass is 10.2. The second kappa shape index (κ2) is 7.19. The minimum absolute atomic E-state index is 0.115. The number of hydrogen-bond donors (Lipinski definition) is 0. The van der Waals surface area contributed by atoms with E-state index >= 15 is 0 Å². The minimum Gasteiger partial charge on any atom is -0.494 e. The molecular weight excluding hydrogens is 349 g/mol. The number of rotatable bonds is 4. The van der Waals surface area contributed by atoms with Gasteiger partial charge in [-0.05, 0) is 30.3 Å². The van der Waals surface area contributed by atoms with Crippen molar-refractivity contribution in [2.24, 2.45) is 0 Å². The van der Waals surface area contributed by atoms with Gasteiger partial charge in [-0.15, -0.1) is 0 Å². The number of aromatic nitrogens is 2. The molecule has 0 saturated carbocycles. The Bertz CT molecular complexity index is 995. The standard InChI is InChI=1S/C20H18FN3O3/c1-26-18-7-6-13(10-15(18)21)20(25)24-9-8-14(12-24)27-19-11-22-16-4-2-3-5-17(16)23-19/h2-7,10-11,14H,8-9,12H2,1H3. The number of carbonyl (C=O) groups is 1. The van der Waals surface area contributed by atoms with Gasteiger partial charge in [-0.1, -0.05) is 12.1 Å². The zero-order valence-electron chi connectivity index (χ0n) is 14.8. The molecule has 1 aromatic heterocycles. The van der Waals surface area contributed by atoms with Gasteiger partial charge in [0.15, 0.2) is 11.6 Å². The topological polar surface area (TPSA) is 64.5 Å². The number of amides is 1. The van der Waals surface area contributed by atoms with Crippen molar-refractivity contribution in [3.05, 3.63) is 60.0 Å². The van der Waals surface area contributed by atoms with Crippen molar-refractivity contribution in [3.8, 4) is 11.6 Å². The summed E-state index contributed by atoms with van der Waals surface area (Å²) in [5.41, 5.74) is 1.85. The SMILES string of the molecule is COc1ccc(C(=O)N2CCC(Oc3cnc4ccccc4n3)C2)cc1F. The summed E-state index contributed by atoms with van der Waals surface area (Å²) in [6, 6.07) is 11.8. The molecule has 7 heteroatoms. The molecule has 0 bridgehead atoms. The van der Waals surface area contributed by atoms with Crippen LogP contribution >= 0.6 is 0 Å². The molecule has 1 saturated heterocycles. The van der Waals surface area contributed by atoms with Crippen LogP contribution in [0.15, 0.2) is 48.7 Å². The molecule has 0 radical (unpaired) electrons. The van der Waals surface area contributed by atoms with Crippen molar-refractivity contribution >= 4 is 16.9 Å². The normalized spacial score (nSPS) is 16.5. The maximum atomic E-state index is 13.9. The lowest BCUT2D eigenvalue weighted by Gasteiger charge is -2.17. The quantitative estimate of drug-likeness (QED) is 0.709. The summed E-state index contributed by atoms with van der Waals surface area (Å²) in [5.74, 6) is -0.235. The van der Waals surface area contributed by atoms with Crippen LogP contribution < -0.4 is 9.47 Å². The van der Waals surface area contributed by atoms with E-state index in [9.17, 15) is 9.18 Å². The van der Waals surface area contributed by atoms with Crippen LogP contribution in [-0.4, -0.2) is 47.1 Å². The van der Waals surface area contributed by atoms with Crippen LogP contribution in [0.4, 0.5) is 4.39 Å². The highest BCUT2D eigenvalue weighted by Crippen LogP contribution is 2.22. The summed E-state index contributed by atoms with van der Waals surface area (Å²) in [5, 5.41) is 0. The number of fused-ring (bicyclic) bond motifs is 1. The van der Waals surface area contributed by atoms with Gasteiger partial charge < -0.3 is 14.4 Å². The molecule has 4 rings (SSSR count). The largest absolute Gasteiger partial charge is 0.494 e. The summed E-state index contributed by atoms with van der Waals surface area (Å²) in [6.07, 6.45) is 2.09. The Labute approximate surface area is 155 Å². The van der Waals surface area contributed by atoms with Crippen LogP contribution in [0.2, 0.25) is 0 Å². The minimum atomic E-state index is -0.554. The second-order valence-corrected chi connectivity index (χ2v) is 6.33. The molecule has 0 aliphatic carbocycles. The Kier molecular flexibility index (Phi) is 4.58. The van der Waals surface area contributed by atoms with Gasteiger partial charge in [-0.25, -0.2) is 14.4 Å². The highest BCUT2D eigenvalue weighted by molar-refractivity contribution is 5.94. The number of hydrogen-bond acceptors (Lipinski definition) is 5. The summed E-state index contributed by atoms with van der Waals surface area (Å²) in [7, 11) is 1.39. The van der Waals surface area contributed by atoms with Gasteiger partial charge in [0, 0.05) is 18.5 Å². The van der Waals surface area contributed by atoms with Crippen molar-refractivity contribution in [1.82, 2.24) is 14.9 Å². The van der Waals surface area contributed by atoms with Gasteiger partial charge in [0.2, 0.25) is 5.88 Å². The monoisotopic (exact) mass is 367 g/mol. The summed E-state index contributed by atoms with van der Waals surface area (Å²) < 4.78 is 24.6. The highest BCUT2D eigenvalue weighted by atomic mass is 19.1. The maximum absolute atomic E-state index is 13.9. The second-order valence-electron chi connectivity index (χ2n) is 6.33. The van der Waals surface area contributed by atoms with Gasteiger partial charge in [-0.3, -0.25) is 4.79 Å². The third-order valence-corrected chi connectivity index (χ3v) is 4.54. The molecule has 0 spiro atoms. The Morgan fingerprint density at radius 1 is 1.22 bits per heavy atom. The molecule has 3 aromatic rings. The number of halogens is 1. The summed E-state index contributed by atoms with van der Waals surface area (Å²) in [6.45, 7) is 0.957. The fourth-order valence-electron chi connectivity index (χ4n) is 3.16. The van der Waals surface area contributed by atoms with E-state index < -0.39 is 5.82 Å². The average molecular weight is 367 g/mol. The molecule has 6 nitrogen and oxygen atoms in total. The molecule has 1 unspecified atom stereocenters. The van der Waals surface area contributed by atoms with Crippen molar-refractivity contribution in [1.29, 1.82) is 0 Å². The molecule has 138 valence electrons. The number of ether oxygens (including phenoxy) is 2. The Morgan fingerprint density at radius 2 is 2.04 bits per heavy atom. The first-order valence-electron chi connectivity index (χ1n) is 8.65. The number of nitrogens with zero attached hydrogens (tertiary/aromatic N) is 3. The fourth-order valence-corrected chi connectivity index (χ4v) is 3.16. The lowest BCUT2D eigenvalue weighted by molar-refractivity contribution is 0.0770. The molecule has 2 heterocycles. The van der Waals surface area contributed by atoms with Crippen LogP contribution in [0.1, 0.15) is 16.8 Å². The average Bonchev–Trinajstić information content (AvgIpc) is 3.15. The molecule has 2 aromatic carbocycles. The molecule has 1 aliphatic rings. The maximum Gasteiger partial charge on any atom is 0.254 e. The van der Waals surface area contributed by atoms with Crippen LogP contribution in [0.5, 0.6) is 11.6 Å². The Hall–Kier alpha value is -3.22. The summed E-state index contributed by atoms with van der Waals surface area (Å²) in [4.78, 5) is 23.0. The van der Waals surface area contributed by atoms with Crippen molar-refractivity contribution in [2.45, 2.75) is 12.5 Å². The first-order chi connectivity index (χ1) is 13.1. The van der Waals surface area contributed by atoms with Crippen LogP contribution in [-0.2, 0) is 0 Å². The first kappa shape index (κ1) is 17.2. The van der Waals surface area contributed by atoms with E-state index in [0.29, 0.717) is 31.0 Å². The van der Waals surface area contributed by atoms with Crippen LogP contribution in [0, 0.1) is 5.82 Å². The zero-order chi connectivity index (χ0) is 18.8. The third kappa shape index (κ3) is 3.53. The van der Waals surface area contributed by atoms with E-state index in [2.05, 4.69) is 9.97 Å². The highest BCUT2D eigenvalue weighted by Gasteiger charge is 2.29. The number of carbonyl (C=O) groups excluding carboxylic acids is 1. The molecule has 1 aliphatic heterocycles. The van der Waals surface area contributed by atoms with Crippen molar-refractivity contribution in [2.75, 3.05) is 20.2 Å². The fraction of sp³-hybridized carbons (Fsp3) is 0.250. The zero-order valence-corrected chi connectivity index (χ0v) is 14.8. The van der Waals surface area contributed by atoms with E-state index in [1.54, 1.807) is 17.2 Å². The first-order valence-corrected chi connectivity index (χ1v) is 8.65. The van der Waals surface area contributed by atoms with E-state index in [-0.39, 0.29) is 17.8 Å². The van der Waals surface area contributed by atoms with Gasteiger partial charge in [-0.2, -0.15) is 0 Å². The molecule has 27 heavy (non-hydrogen) atoms. The Morgan fingerprint density at radius 3 is 2.81 bits per heavy atom. The van der Waals surface area contributed by atoms with E-state index in [1.165, 1.54) is 19.2 Å². The third-order valence-electron chi connectivity index (χ3n) is 4.54. The van der Waals surface area contributed by atoms with Gasteiger partial charge >= 0.3 is 0 Å². The number of para-hydroxylation sites is 2. The van der Waals surface area contributed by atoms with E-state index in [1.807, 2.05) is 24.3 Å². The Balaban J connectivity index is 1.43. The van der Waals surface area contributed by atoms with E-state index in [0.717, 1.165) is 11.0 Å². The molecular formula is C20H18FN3O3. The van der Waals surface area contributed by atoms with E-state index in [4.69, 9.17) is 9.47 Å². The van der Waals surface area contributed by atoms with Crippen LogP contribution in [0.3, 0.4) is 0 Å². The van der Waals surface area contributed by atoms with Crippen molar-refractivity contribution < 1.29 is 18.7 Å². The van der Waals surface area contributed by atoms with Crippen LogP contribution in [0.25, 0.3) is 11.0 Å². The smallest absolute Gasteiger partial charge is 0.254 e. The molecule has 1 amide bonds.